The summed E-state index contributed by atoms with van der Waals surface area (Å²) < 4.78 is 0. The largest absolute Gasteiger partial charge is 0.343 e. The standard InChI is InChI=1S/C27H34N2O2/c1-17-23(19(3)31)11-13-26-27(17)24-16-20(18(2)30)10-12-25(24)29(26)15-14-28(21-6-4-7-21)22-8-5-9-22/h10-13,16-17,21-22,27H,4-9,14-15H2,1-3H3. The number of benzene rings is 1. The molecule has 0 N–H and O–H groups in total. The van der Waals surface area contributed by atoms with Crippen LogP contribution in [0.15, 0.2) is 41.6 Å². The molecular formula is C27H34N2O2. The minimum Gasteiger partial charge on any atom is -0.343 e. The Balaban J connectivity index is 1.47. The molecule has 5 rings (SSSR count). The van der Waals surface area contributed by atoms with Gasteiger partial charge >= 0.3 is 0 Å². The number of fused-ring (bicyclic) bond motifs is 3. The third-order valence-corrected chi connectivity index (χ3v) is 8.19. The highest BCUT2D eigenvalue weighted by Gasteiger charge is 2.41. The highest BCUT2D eigenvalue weighted by molar-refractivity contribution is 5.97. The second kappa shape index (κ2) is 8.05. The Morgan fingerprint density at radius 3 is 2.23 bits per heavy atom. The summed E-state index contributed by atoms with van der Waals surface area (Å²) in [6.45, 7) is 7.51. The first-order valence-electron chi connectivity index (χ1n) is 12.1. The van der Waals surface area contributed by atoms with Crippen molar-refractivity contribution in [1.29, 1.82) is 0 Å². The molecule has 0 aromatic heterocycles. The van der Waals surface area contributed by atoms with Crippen LogP contribution in [0.4, 0.5) is 5.69 Å². The lowest BCUT2D eigenvalue weighted by Gasteiger charge is -2.47. The zero-order chi connectivity index (χ0) is 21.7. The molecule has 1 aromatic carbocycles. The van der Waals surface area contributed by atoms with Crippen LogP contribution in [0.2, 0.25) is 0 Å². The molecular weight excluding hydrogens is 384 g/mol. The van der Waals surface area contributed by atoms with Gasteiger partial charge in [0, 0.05) is 48.0 Å². The van der Waals surface area contributed by atoms with Crippen LogP contribution in [0.5, 0.6) is 0 Å². The van der Waals surface area contributed by atoms with Gasteiger partial charge in [-0.05, 0) is 80.9 Å². The molecule has 31 heavy (non-hydrogen) atoms. The first-order valence-corrected chi connectivity index (χ1v) is 12.1. The molecule has 0 amide bonds. The van der Waals surface area contributed by atoms with Crippen molar-refractivity contribution in [2.45, 2.75) is 77.3 Å². The summed E-state index contributed by atoms with van der Waals surface area (Å²) in [4.78, 5) is 29.6. The number of rotatable bonds is 7. The molecule has 1 aliphatic heterocycles. The number of nitrogens with zero attached hydrogens (tertiary/aromatic N) is 2. The summed E-state index contributed by atoms with van der Waals surface area (Å²) in [6.07, 6.45) is 12.3. The minimum absolute atomic E-state index is 0.0960. The van der Waals surface area contributed by atoms with E-state index in [2.05, 4.69) is 34.9 Å². The summed E-state index contributed by atoms with van der Waals surface area (Å²) in [5.74, 6) is 0.516. The van der Waals surface area contributed by atoms with Crippen LogP contribution in [-0.4, -0.2) is 41.6 Å². The number of carbonyl (C=O) groups excluding carboxylic acids is 2. The molecule has 0 bridgehead atoms. The highest BCUT2D eigenvalue weighted by atomic mass is 16.1. The fraction of sp³-hybridized carbons (Fsp3) is 0.556. The summed E-state index contributed by atoms with van der Waals surface area (Å²) in [5.41, 5.74) is 5.36. The van der Waals surface area contributed by atoms with Gasteiger partial charge in [0.2, 0.25) is 0 Å². The number of ketones is 2. The van der Waals surface area contributed by atoms with Crippen molar-refractivity contribution >= 4 is 17.3 Å². The van der Waals surface area contributed by atoms with Crippen LogP contribution >= 0.6 is 0 Å². The first-order chi connectivity index (χ1) is 15.0. The van der Waals surface area contributed by atoms with Crippen LogP contribution in [-0.2, 0) is 4.79 Å². The van der Waals surface area contributed by atoms with Crippen molar-refractivity contribution in [3.8, 4) is 0 Å². The number of hydrogen-bond donors (Lipinski definition) is 0. The Bertz CT molecular complexity index is 953. The first kappa shape index (κ1) is 20.7. The van der Waals surface area contributed by atoms with Gasteiger partial charge in [0.05, 0.1) is 0 Å². The van der Waals surface area contributed by atoms with E-state index in [0.717, 1.165) is 36.3 Å². The normalized spacial score (nSPS) is 25.4. The predicted octanol–water partition coefficient (Wildman–Crippen LogP) is 5.25. The van der Waals surface area contributed by atoms with E-state index in [4.69, 9.17) is 0 Å². The topological polar surface area (TPSA) is 40.6 Å². The Morgan fingerprint density at radius 2 is 1.68 bits per heavy atom. The highest BCUT2D eigenvalue weighted by Crippen LogP contribution is 2.51. The summed E-state index contributed by atoms with van der Waals surface area (Å²) in [7, 11) is 0. The Kier molecular flexibility index (Phi) is 5.37. The van der Waals surface area contributed by atoms with Crippen molar-refractivity contribution in [3.05, 3.63) is 52.7 Å². The summed E-state index contributed by atoms with van der Waals surface area (Å²) in [6, 6.07) is 7.71. The lowest BCUT2D eigenvalue weighted by molar-refractivity contribution is -0.114. The fourth-order valence-electron chi connectivity index (χ4n) is 5.96. The van der Waals surface area contributed by atoms with Gasteiger partial charge in [0.25, 0.3) is 0 Å². The van der Waals surface area contributed by atoms with Crippen LogP contribution < -0.4 is 4.90 Å². The third kappa shape index (κ3) is 3.49. The van der Waals surface area contributed by atoms with E-state index >= 15 is 0 Å². The maximum atomic E-state index is 12.2. The number of allylic oxidation sites excluding steroid dienone is 4. The molecule has 2 atom stereocenters. The lowest BCUT2D eigenvalue weighted by Crippen LogP contribution is -2.51. The van der Waals surface area contributed by atoms with E-state index in [0.29, 0.717) is 0 Å². The van der Waals surface area contributed by atoms with Gasteiger partial charge in [-0.1, -0.05) is 25.8 Å². The van der Waals surface area contributed by atoms with E-state index in [1.807, 2.05) is 12.1 Å². The number of hydrogen-bond acceptors (Lipinski definition) is 4. The molecule has 4 nitrogen and oxygen atoms in total. The zero-order valence-corrected chi connectivity index (χ0v) is 19.1. The maximum Gasteiger partial charge on any atom is 0.159 e. The van der Waals surface area contributed by atoms with Crippen molar-refractivity contribution < 1.29 is 9.59 Å². The molecule has 2 unspecified atom stereocenters. The smallest absolute Gasteiger partial charge is 0.159 e. The van der Waals surface area contributed by atoms with Crippen molar-refractivity contribution in [1.82, 2.24) is 4.90 Å². The SMILES string of the molecule is CC(=O)C1=CC=C2C(c3cc(C(C)=O)ccc3N2CCN(C2CCC2)C2CCC2)C1C. The summed E-state index contributed by atoms with van der Waals surface area (Å²) in [5, 5.41) is 0. The molecule has 1 heterocycles. The molecule has 164 valence electrons. The Hall–Kier alpha value is -2.20. The van der Waals surface area contributed by atoms with Crippen molar-refractivity contribution in [3.63, 3.8) is 0 Å². The number of carbonyl (C=O) groups is 2. The second-order valence-electron chi connectivity index (χ2n) is 9.92. The monoisotopic (exact) mass is 418 g/mol. The summed E-state index contributed by atoms with van der Waals surface area (Å²) >= 11 is 0. The molecule has 1 aromatic rings. The average Bonchev–Trinajstić information content (AvgIpc) is 2.96. The fourth-order valence-corrected chi connectivity index (χ4v) is 5.96. The van der Waals surface area contributed by atoms with Gasteiger partial charge in [0.15, 0.2) is 11.6 Å². The van der Waals surface area contributed by atoms with Gasteiger partial charge in [-0.25, -0.2) is 0 Å². The van der Waals surface area contributed by atoms with Gasteiger partial charge in [-0.15, -0.1) is 0 Å². The van der Waals surface area contributed by atoms with Crippen LogP contribution in [0.3, 0.4) is 0 Å². The van der Waals surface area contributed by atoms with Gasteiger partial charge in [0.1, 0.15) is 0 Å². The van der Waals surface area contributed by atoms with Crippen LogP contribution in [0, 0.1) is 5.92 Å². The van der Waals surface area contributed by atoms with E-state index < -0.39 is 0 Å². The molecule has 0 spiro atoms. The van der Waals surface area contributed by atoms with Gasteiger partial charge in [-0.2, -0.15) is 0 Å². The molecule has 0 saturated heterocycles. The molecule has 4 heteroatoms. The molecule has 4 aliphatic rings. The van der Waals surface area contributed by atoms with Gasteiger partial charge in [-0.3, -0.25) is 14.5 Å². The maximum absolute atomic E-state index is 12.2. The molecule has 2 fully saturated rings. The van der Waals surface area contributed by atoms with E-state index in [9.17, 15) is 9.59 Å². The van der Waals surface area contributed by atoms with Crippen LogP contribution in [0.25, 0.3) is 0 Å². The zero-order valence-electron chi connectivity index (χ0n) is 19.1. The molecule has 2 saturated carbocycles. The van der Waals surface area contributed by atoms with Gasteiger partial charge < -0.3 is 4.90 Å². The average molecular weight is 419 g/mol. The third-order valence-electron chi connectivity index (χ3n) is 8.19. The lowest BCUT2D eigenvalue weighted by atomic mass is 9.77. The minimum atomic E-state index is 0.0960. The van der Waals surface area contributed by atoms with Crippen LogP contribution in [0.1, 0.15) is 81.1 Å². The predicted molar refractivity (Wildman–Crippen MR) is 125 cm³/mol. The van der Waals surface area contributed by atoms with Crippen molar-refractivity contribution in [2.24, 2.45) is 5.92 Å². The van der Waals surface area contributed by atoms with Crippen molar-refractivity contribution in [2.75, 3.05) is 18.0 Å². The Morgan fingerprint density at radius 1 is 1.00 bits per heavy atom. The second-order valence-corrected chi connectivity index (χ2v) is 9.92. The van der Waals surface area contributed by atoms with E-state index in [1.165, 1.54) is 55.5 Å². The number of anilines is 1. The van der Waals surface area contributed by atoms with E-state index in [1.54, 1.807) is 13.8 Å². The molecule has 0 radical (unpaired) electrons. The number of Topliss-reactive ketones (excluding diaryl/α,β-unsaturated/α-hetero) is 2. The molecule has 3 aliphatic carbocycles. The Labute approximate surface area is 186 Å². The quantitative estimate of drug-likeness (QED) is 0.567. The van der Waals surface area contributed by atoms with E-state index in [-0.39, 0.29) is 23.4 Å².